The standard InChI is InChI=1S/C16H12BF6O4/c1-24-13-7-9(15(18,19)20)3-5-11(13)26-17-27-12-6-4-10(16(21,22)23)8-14(12)25-2/h3-8H,1-2H3. The minimum atomic E-state index is -4.56. The van der Waals surface area contributed by atoms with Crippen molar-refractivity contribution in [3.63, 3.8) is 0 Å². The van der Waals surface area contributed by atoms with Crippen LogP contribution in [0.3, 0.4) is 0 Å². The van der Waals surface area contributed by atoms with Crippen molar-refractivity contribution in [2.24, 2.45) is 0 Å². The Balaban J connectivity index is 2.10. The first-order valence-electron chi connectivity index (χ1n) is 7.21. The quantitative estimate of drug-likeness (QED) is 0.525. The summed E-state index contributed by atoms with van der Waals surface area (Å²) in [5, 5.41) is 0. The molecule has 0 atom stereocenters. The van der Waals surface area contributed by atoms with Crippen LogP contribution in [-0.2, 0) is 12.4 Å². The number of hydrogen-bond acceptors (Lipinski definition) is 4. The summed E-state index contributed by atoms with van der Waals surface area (Å²) in [7, 11) is 3.04. The SMILES string of the molecule is COc1cc(C(F)(F)F)ccc1O[B]Oc1ccc(C(F)(F)F)cc1OC. The molecule has 0 spiro atoms. The zero-order valence-electron chi connectivity index (χ0n) is 13.9. The van der Waals surface area contributed by atoms with Crippen LogP contribution >= 0.6 is 0 Å². The molecule has 27 heavy (non-hydrogen) atoms. The maximum atomic E-state index is 12.7. The zero-order chi connectivity index (χ0) is 20.2. The van der Waals surface area contributed by atoms with E-state index in [1.165, 1.54) is 0 Å². The van der Waals surface area contributed by atoms with Crippen LogP contribution < -0.4 is 18.8 Å². The van der Waals surface area contributed by atoms with E-state index in [4.69, 9.17) is 18.8 Å². The summed E-state index contributed by atoms with van der Waals surface area (Å²) in [6.45, 7) is 0. The average Bonchev–Trinajstić information content (AvgIpc) is 2.60. The first-order valence-corrected chi connectivity index (χ1v) is 7.21. The Morgan fingerprint density at radius 2 is 1.00 bits per heavy atom. The molecule has 0 aromatic heterocycles. The highest BCUT2D eigenvalue weighted by molar-refractivity contribution is 6.21. The molecule has 0 aliphatic heterocycles. The molecule has 2 rings (SSSR count). The average molecular weight is 393 g/mol. The van der Waals surface area contributed by atoms with Gasteiger partial charge < -0.3 is 18.8 Å². The van der Waals surface area contributed by atoms with Crippen molar-refractivity contribution in [3.05, 3.63) is 47.5 Å². The molecule has 11 heteroatoms. The fourth-order valence-corrected chi connectivity index (χ4v) is 2.01. The molecule has 0 N–H and O–H groups in total. The third-order valence-corrected chi connectivity index (χ3v) is 3.33. The summed E-state index contributed by atoms with van der Waals surface area (Å²) >= 11 is 0. The second-order valence-corrected chi connectivity index (χ2v) is 5.06. The minimum absolute atomic E-state index is 0.0867. The summed E-state index contributed by atoms with van der Waals surface area (Å²) in [4.78, 5) is 0. The van der Waals surface area contributed by atoms with Gasteiger partial charge in [0, 0.05) is 0 Å². The summed E-state index contributed by atoms with van der Waals surface area (Å²) in [5.74, 6) is -0.583. The lowest BCUT2D eigenvalue weighted by Crippen LogP contribution is -2.13. The molecule has 145 valence electrons. The lowest BCUT2D eigenvalue weighted by molar-refractivity contribution is -0.138. The molecule has 0 saturated heterocycles. The zero-order valence-corrected chi connectivity index (χ0v) is 13.9. The van der Waals surface area contributed by atoms with Crippen LogP contribution in [-0.4, -0.2) is 21.9 Å². The Morgan fingerprint density at radius 1 is 0.630 bits per heavy atom. The molecule has 2 aromatic rings. The molecule has 0 heterocycles. The molecule has 2 aromatic carbocycles. The van der Waals surface area contributed by atoms with Crippen LogP contribution in [0.25, 0.3) is 0 Å². The van der Waals surface area contributed by atoms with Gasteiger partial charge in [-0.05, 0) is 36.4 Å². The van der Waals surface area contributed by atoms with Gasteiger partial charge in [-0.25, -0.2) is 0 Å². The fourth-order valence-electron chi connectivity index (χ4n) is 2.01. The van der Waals surface area contributed by atoms with Gasteiger partial charge in [0.2, 0.25) is 0 Å². The molecule has 0 aliphatic rings. The summed E-state index contributed by atoms with van der Waals surface area (Å²) < 4.78 is 95.9. The lowest BCUT2D eigenvalue weighted by atomic mass is 10.1. The Morgan fingerprint density at radius 3 is 1.30 bits per heavy atom. The Hall–Kier alpha value is -2.72. The molecule has 0 amide bonds. The van der Waals surface area contributed by atoms with Crippen molar-refractivity contribution in [2.75, 3.05) is 14.2 Å². The van der Waals surface area contributed by atoms with Crippen LogP contribution in [0.4, 0.5) is 26.3 Å². The van der Waals surface area contributed by atoms with Crippen molar-refractivity contribution in [1.29, 1.82) is 0 Å². The highest BCUT2D eigenvalue weighted by atomic mass is 19.4. The summed E-state index contributed by atoms with van der Waals surface area (Å²) in [5.41, 5.74) is -1.87. The largest absolute Gasteiger partial charge is 0.658 e. The van der Waals surface area contributed by atoms with Crippen molar-refractivity contribution in [2.45, 2.75) is 12.4 Å². The molecule has 0 aliphatic carbocycles. The molecule has 0 saturated carbocycles. The van der Waals surface area contributed by atoms with Crippen LogP contribution in [0, 0.1) is 0 Å². The van der Waals surface area contributed by atoms with Gasteiger partial charge in [0.15, 0.2) is 11.5 Å². The Labute approximate surface area is 150 Å². The van der Waals surface area contributed by atoms with Gasteiger partial charge in [-0.15, -0.1) is 0 Å². The van der Waals surface area contributed by atoms with Gasteiger partial charge in [-0.2, -0.15) is 26.3 Å². The number of hydrogen-bond donors (Lipinski definition) is 0. The van der Waals surface area contributed by atoms with Crippen LogP contribution in [0.2, 0.25) is 0 Å². The lowest BCUT2D eigenvalue weighted by Gasteiger charge is -2.15. The minimum Gasteiger partial charge on any atom is -0.524 e. The third-order valence-electron chi connectivity index (χ3n) is 3.33. The van der Waals surface area contributed by atoms with Gasteiger partial charge in [0.05, 0.1) is 25.3 Å². The topological polar surface area (TPSA) is 36.9 Å². The van der Waals surface area contributed by atoms with E-state index < -0.39 is 23.5 Å². The molecule has 0 fully saturated rings. The highest BCUT2D eigenvalue weighted by Crippen LogP contribution is 2.37. The second-order valence-electron chi connectivity index (χ2n) is 5.06. The normalized spacial score (nSPS) is 11.7. The number of alkyl halides is 6. The van der Waals surface area contributed by atoms with E-state index in [-0.39, 0.29) is 23.0 Å². The number of halogens is 6. The van der Waals surface area contributed by atoms with E-state index in [9.17, 15) is 26.3 Å². The van der Waals surface area contributed by atoms with E-state index in [1.807, 2.05) is 0 Å². The van der Waals surface area contributed by atoms with E-state index in [1.54, 1.807) is 0 Å². The molecule has 1 radical (unpaired) electrons. The first-order chi connectivity index (χ1) is 12.6. The van der Waals surface area contributed by atoms with Gasteiger partial charge in [-0.1, -0.05) is 0 Å². The maximum absolute atomic E-state index is 12.7. The number of methoxy groups -OCH3 is 2. The number of benzene rings is 2. The predicted molar refractivity (Wildman–Crippen MR) is 83.0 cm³/mol. The number of ether oxygens (including phenoxy) is 2. The fraction of sp³-hybridized carbons (Fsp3) is 0.250. The first kappa shape index (κ1) is 20.6. The van der Waals surface area contributed by atoms with Crippen LogP contribution in [0.15, 0.2) is 36.4 Å². The third kappa shape index (κ3) is 5.14. The van der Waals surface area contributed by atoms with Gasteiger partial charge in [0.25, 0.3) is 0 Å². The van der Waals surface area contributed by atoms with Crippen molar-refractivity contribution in [1.82, 2.24) is 0 Å². The molecular weight excluding hydrogens is 381 g/mol. The summed E-state index contributed by atoms with van der Waals surface area (Å²) in [6, 6.07) is 5.08. The van der Waals surface area contributed by atoms with Crippen LogP contribution in [0.1, 0.15) is 11.1 Å². The maximum Gasteiger partial charge on any atom is 0.658 e. The molecule has 0 bridgehead atoms. The van der Waals surface area contributed by atoms with Gasteiger partial charge in [-0.3, -0.25) is 0 Å². The van der Waals surface area contributed by atoms with E-state index in [2.05, 4.69) is 0 Å². The number of rotatable bonds is 6. The molecule has 4 nitrogen and oxygen atoms in total. The van der Waals surface area contributed by atoms with Crippen molar-refractivity contribution >= 4 is 7.69 Å². The Bertz CT molecular complexity index is 726. The smallest absolute Gasteiger partial charge is 0.524 e. The second kappa shape index (κ2) is 7.89. The van der Waals surface area contributed by atoms with Crippen LogP contribution in [0.5, 0.6) is 23.0 Å². The highest BCUT2D eigenvalue weighted by Gasteiger charge is 2.32. The van der Waals surface area contributed by atoms with E-state index >= 15 is 0 Å². The Kier molecular flexibility index (Phi) is 6.02. The van der Waals surface area contributed by atoms with Crippen molar-refractivity contribution < 1.29 is 45.1 Å². The van der Waals surface area contributed by atoms with Gasteiger partial charge in [0.1, 0.15) is 11.5 Å². The molecular formula is C16H12BF6O4. The monoisotopic (exact) mass is 393 g/mol. The predicted octanol–water partition coefficient (Wildman–Crippen LogP) is 4.73. The van der Waals surface area contributed by atoms with E-state index in [0.29, 0.717) is 0 Å². The van der Waals surface area contributed by atoms with Crippen molar-refractivity contribution in [3.8, 4) is 23.0 Å². The molecule has 0 unspecified atom stereocenters. The van der Waals surface area contributed by atoms with E-state index in [0.717, 1.165) is 58.3 Å². The van der Waals surface area contributed by atoms with Gasteiger partial charge >= 0.3 is 20.0 Å². The summed E-state index contributed by atoms with van der Waals surface area (Å²) in [6.07, 6.45) is -9.11.